The second kappa shape index (κ2) is 6.35. The highest BCUT2D eigenvalue weighted by Crippen LogP contribution is 2.25. The molecule has 0 aliphatic rings. The molecule has 2 rings (SSSR count). The van der Waals surface area contributed by atoms with Crippen molar-refractivity contribution in [1.82, 2.24) is 14.6 Å². The quantitative estimate of drug-likeness (QED) is 0.521. The maximum Gasteiger partial charge on any atom is 0.196 e. The highest BCUT2D eigenvalue weighted by Gasteiger charge is 2.15. The van der Waals surface area contributed by atoms with Crippen molar-refractivity contribution in [2.45, 2.75) is 12.1 Å². The van der Waals surface area contributed by atoms with E-state index in [9.17, 15) is 4.79 Å². The Kier molecular flexibility index (Phi) is 4.73. The molecule has 108 valence electrons. The van der Waals surface area contributed by atoms with Gasteiger partial charge >= 0.3 is 0 Å². The van der Waals surface area contributed by atoms with Crippen molar-refractivity contribution in [1.29, 1.82) is 5.26 Å². The number of hydrogen-bond acceptors (Lipinski definition) is 6. The summed E-state index contributed by atoms with van der Waals surface area (Å²) >= 11 is 13.1. The van der Waals surface area contributed by atoms with Gasteiger partial charge in [0.15, 0.2) is 16.6 Å². The first-order chi connectivity index (χ1) is 9.93. The van der Waals surface area contributed by atoms with E-state index in [2.05, 4.69) is 10.2 Å². The zero-order chi connectivity index (χ0) is 15.6. The van der Waals surface area contributed by atoms with Gasteiger partial charge in [0.2, 0.25) is 0 Å². The van der Waals surface area contributed by atoms with Crippen molar-refractivity contribution in [3.8, 4) is 6.07 Å². The van der Waals surface area contributed by atoms with Crippen LogP contribution in [0.4, 0.5) is 0 Å². The maximum atomic E-state index is 11.9. The molecule has 21 heavy (non-hydrogen) atoms. The minimum atomic E-state index is -0.368. The molecule has 2 aromatic heterocycles. The fourth-order valence-electron chi connectivity index (χ4n) is 1.57. The van der Waals surface area contributed by atoms with Gasteiger partial charge in [0.1, 0.15) is 11.6 Å². The molecule has 0 radical (unpaired) electrons. The number of allylic oxidation sites excluding steroid dienone is 2. The van der Waals surface area contributed by atoms with E-state index >= 15 is 0 Å². The fraction of sp³-hybridized carbons (Fsp3) is 0.167. The predicted molar refractivity (Wildman–Crippen MR) is 81.2 cm³/mol. The largest absolute Gasteiger partial charge is 0.401 e. The van der Waals surface area contributed by atoms with Gasteiger partial charge in [0, 0.05) is 11.9 Å². The minimum Gasteiger partial charge on any atom is -0.401 e. The lowest BCUT2D eigenvalue weighted by Crippen LogP contribution is -2.10. The first kappa shape index (κ1) is 15.6. The van der Waals surface area contributed by atoms with Crippen LogP contribution in [0, 0.1) is 11.3 Å². The van der Waals surface area contributed by atoms with Gasteiger partial charge in [0.05, 0.1) is 15.8 Å². The van der Waals surface area contributed by atoms with Gasteiger partial charge in [-0.3, -0.25) is 9.20 Å². The van der Waals surface area contributed by atoms with E-state index < -0.39 is 0 Å². The molecule has 0 fully saturated rings. The Labute approximate surface area is 134 Å². The number of fused-ring (bicyclic) bond motifs is 1. The van der Waals surface area contributed by atoms with Crippen LogP contribution in [0.5, 0.6) is 0 Å². The zero-order valence-corrected chi connectivity index (χ0v) is 13.1. The van der Waals surface area contributed by atoms with Gasteiger partial charge in [0.25, 0.3) is 0 Å². The van der Waals surface area contributed by atoms with E-state index in [1.54, 1.807) is 22.7 Å². The summed E-state index contributed by atoms with van der Waals surface area (Å²) in [6, 6.07) is 3.35. The molecule has 2 N–H and O–H groups in total. The van der Waals surface area contributed by atoms with Crippen molar-refractivity contribution in [3.63, 3.8) is 0 Å². The summed E-state index contributed by atoms with van der Waals surface area (Å²) in [5, 5.41) is 18.0. The van der Waals surface area contributed by atoms with Gasteiger partial charge in [-0.2, -0.15) is 5.26 Å². The molecule has 0 saturated heterocycles. The molecular formula is C12H9Cl2N5OS. The Hall–Kier alpha value is -1.75. The van der Waals surface area contributed by atoms with Crippen LogP contribution in [0.2, 0.25) is 10.0 Å². The third-order valence-corrected chi connectivity index (χ3v) is 3.94. The molecule has 2 heterocycles. The number of aromatic nitrogens is 3. The molecule has 6 nitrogen and oxygen atoms in total. The van der Waals surface area contributed by atoms with Gasteiger partial charge in [-0.1, -0.05) is 35.0 Å². The van der Waals surface area contributed by atoms with Gasteiger partial charge in [-0.05, 0) is 13.0 Å². The number of halogens is 2. The summed E-state index contributed by atoms with van der Waals surface area (Å²) in [5.41, 5.74) is 6.08. The molecule has 0 atom stereocenters. The summed E-state index contributed by atoms with van der Waals surface area (Å²) in [4.78, 5) is 11.9. The van der Waals surface area contributed by atoms with Crippen molar-refractivity contribution < 1.29 is 4.79 Å². The minimum absolute atomic E-state index is 0.0162. The number of thioether (sulfide) groups is 1. The van der Waals surface area contributed by atoms with Crippen molar-refractivity contribution in [3.05, 3.63) is 33.6 Å². The van der Waals surface area contributed by atoms with Gasteiger partial charge in [-0.25, -0.2) is 0 Å². The maximum absolute atomic E-state index is 11.9. The number of pyridine rings is 1. The molecule has 0 spiro atoms. The lowest BCUT2D eigenvalue weighted by Gasteiger charge is -2.02. The molecule has 0 amide bonds. The van der Waals surface area contributed by atoms with Crippen LogP contribution in [-0.4, -0.2) is 26.1 Å². The first-order valence-electron chi connectivity index (χ1n) is 5.66. The van der Waals surface area contributed by atoms with Crippen LogP contribution in [0.3, 0.4) is 0 Å². The van der Waals surface area contributed by atoms with E-state index in [0.717, 1.165) is 11.8 Å². The SMILES string of the molecule is CC(N)=C(C#N)C(=O)CSc1nnc2c(Cl)cc(Cl)cn12. The Morgan fingerprint density at radius 1 is 1.52 bits per heavy atom. The van der Waals surface area contributed by atoms with E-state index in [1.165, 1.54) is 6.92 Å². The average Bonchev–Trinajstić information content (AvgIpc) is 2.80. The highest BCUT2D eigenvalue weighted by atomic mass is 35.5. The Bertz CT molecular complexity index is 789. The number of Topliss-reactive ketones (excluding diaryl/α,β-unsaturated/α-hetero) is 1. The van der Waals surface area contributed by atoms with Crippen molar-refractivity contribution in [2.24, 2.45) is 5.73 Å². The number of rotatable bonds is 4. The van der Waals surface area contributed by atoms with Crippen LogP contribution in [-0.2, 0) is 4.79 Å². The smallest absolute Gasteiger partial charge is 0.196 e. The van der Waals surface area contributed by atoms with E-state index in [4.69, 9.17) is 34.2 Å². The number of hydrogen-bond donors (Lipinski definition) is 1. The second-order valence-electron chi connectivity index (χ2n) is 4.06. The zero-order valence-electron chi connectivity index (χ0n) is 10.8. The second-order valence-corrected chi connectivity index (χ2v) is 5.85. The van der Waals surface area contributed by atoms with Crippen molar-refractivity contribution in [2.75, 3.05) is 5.75 Å². The lowest BCUT2D eigenvalue weighted by atomic mass is 10.2. The van der Waals surface area contributed by atoms with Crippen LogP contribution < -0.4 is 5.73 Å². The molecule has 0 saturated carbocycles. The third-order valence-electron chi connectivity index (χ3n) is 2.51. The fourth-order valence-corrected chi connectivity index (χ4v) is 2.86. The Morgan fingerprint density at radius 2 is 2.24 bits per heavy atom. The summed E-state index contributed by atoms with van der Waals surface area (Å²) < 4.78 is 1.59. The normalized spacial score (nSPS) is 12.1. The van der Waals surface area contributed by atoms with Gasteiger partial charge < -0.3 is 5.73 Å². The molecule has 0 unspecified atom stereocenters. The number of carbonyl (C=O) groups is 1. The third kappa shape index (κ3) is 3.29. The highest BCUT2D eigenvalue weighted by molar-refractivity contribution is 7.99. The van der Waals surface area contributed by atoms with Crippen LogP contribution in [0.1, 0.15) is 6.92 Å². The number of nitrogens with zero attached hydrogens (tertiary/aromatic N) is 4. The summed E-state index contributed by atoms with van der Waals surface area (Å²) in [5.74, 6) is -0.352. The van der Waals surface area contributed by atoms with Crippen molar-refractivity contribution >= 4 is 46.4 Å². The first-order valence-corrected chi connectivity index (χ1v) is 7.40. The monoisotopic (exact) mass is 341 g/mol. The lowest BCUT2D eigenvalue weighted by molar-refractivity contribution is -0.112. The standard InChI is InChI=1S/C12H9Cl2N5OS/c1-6(16)8(3-15)10(20)5-21-12-18-17-11-9(14)2-7(13)4-19(11)12/h2,4H,5,16H2,1H3. The van der Waals surface area contributed by atoms with E-state index in [-0.39, 0.29) is 22.8 Å². The summed E-state index contributed by atoms with van der Waals surface area (Å²) in [7, 11) is 0. The number of nitriles is 1. The van der Waals surface area contributed by atoms with Crippen LogP contribution in [0.25, 0.3) is 5.65 Å². The number of carbonyl (C=O) groups excluding carboxylic acids is 1. The van der Waals surface area contributed by atoms with Crippen LogP contribution in [0.15, 0.2) is 28.7 Å². The molecule has 0 aromatic carbocycles. The Balaban J connectivity index is 2.24. The average molecular weight is 342 g/mol. The van der Waals surface area contributed by atoms with Crippen LogP contribution >= 0.6 is 35.0 Å². The number of nitrogens with two attached hydrogens (primary N) is 1. The summed E-state index contributed by atoms with van der Waals surface area (Å²) in [6.45, 7) is 1.51. The molecule has 0 aliphatic heterocycles. The Morgan fingerprint density at radius 3 is 2.86 bits per heavy atom. The topological polar surface area (TPSA) is 97.1 Å². The molecule has 2 aromatic rings. The summed E-state index contributed by atoms with van der Waals surface area (Å²) in [6.07, 6.45) is 1.60. The molecule has 0 bridgehead atoms. The number of ketones is 1. The van der Waals surface area contributed by atoms with Gasteiger partial charge in [-0.15, -0.1) is 10.2 Å². The van der Waals surface area contributed by atoms with E-state index in [1.807, 2.05) is 0 Å². The molecule has 0 aliphatic carbocycles. The molecule has 9 heteroatoms. The van der Waals surface area contributed by atoms with E-state index in [0.29, 0.717) is 20.8 Å². The predicted octanol–water partition coefficient (Wildman–Crippen LogP) is 2.45. The molecular weight excluding hydrogens is 333 g/mol.